The van der Waals surface area contributed by atoms with Gasteiger partial charge in [-0.25, -0.2) is 4.79 Å². The molecule has 2 rings (SSSR count). The first-order chi connectivity index (χ1) is 13.3. The molecular formula is C22H26N2O4. The number of amides is 2. The lowest BCUT2D eigenvalue weighted by Crippen LogP contribution is -2.44. The summed E-state index contributed by atoms with van der Waals surface area (Å²) in [6.07, 6.45) is 0.946. The van der Waals surface area contributed by atoms with Crippen LogP contribution < -0.4 is 10.6 Å². The van der Waals surface area contributed by atoms with E-state index in [1.54, 1.807) is 24.3 Å². The van der Waals surface area contributed by atoms with Crippen LogP contribution in [0.1, 0.15) is 43.1 Å². The van der Waals surface area contributed by atoms with Gasteiger partial charge in [0.05, 0.1) is 17.7 Å². The van der Waals surface area contributed by atoms with Crippen molar-refractivity contribution in [3.63, 3.8) is 0 Å². The fraction of sp³-hybridized carbons (Fsp3) is 0.318. The van der Waals surface area contributed by atoms with Gasteiger partial charge in [-0.1, -0.05) is 49.4 Å². The lowest BCUT2D eigenvalue weighted by atomic mass is 10.0. The highest BCUT2D eigenvalue weighted by molar-refractivity contribution is 6.02. The van der Waals surface area contributed by atoms with Gasteiger partial charge >= 0.3 is 5.97 Å². The second-order valence-corrected chi connectivity index (χ2v) is 7.12. The number of carbonyl (C=O) groups excluding carboxylic acids is 3. The van der Waals surface area contributed by atoms with Gasteiger partial charge < -0.3 is 15.4 Å². The maximum Gasteiger partial charge on any atom is 0.340 e. The number of nitrogens with one attached hydrogen (secondary N) is 2. The molecule has 0 saturated heterocycles. The minimum atomic E-state index is -0.667. The number of carbonyl (C=O) groups is 3. The summed E-state index contributed by atoms with van der Waals surface area (Å²) in [7, 11) is 0. The van der Waals surface area contributed by atoms with E-state index in [0.29, 0.717) is 5.69 Å². The average molecular weight is 382 g/mol. The van der Waals surface area contributed by atoms with Crippen LogP contribution in [0.4, 0.5) is 5.69 Å². The summed E-state index contributed by atoms with van der Waals surface area (Å²) < 4.78 is 5.12. The van der Waals surface area contributed by atoms with E-state index in [-0.39, 0.29) is 35.9 Å². The summed E-state index contributed by atoms with van der Waals surface area (Å²) in [6, 6.07) is 15.9. The molecule has 0 atom stereocenters. The molecule has 2 N–H and O–H groups in total. The molecule has 0 unspecified atom stereocenters. The Morgan fingerprint density at radius 2 is 1.57 bits per heavy atom. The van der Waals surface area contributed by atoms with E-state index in [1.807, 2.05) is 51.1 Å². The molecule has 6 heteroatoms. The molecule has 6 nitrogen and oxygen atoms in total. The first kappa shape index (κ1) is 21.2. The first-order valence-corrected chi connectivity index (χ1v) is 9.21. The molecular weight excluding hydrogens is 356 g/mol. The highest BCUT2D eigenvalue weighted by atomic mass is 16.5. The van der Waals surface area contributed by atoms with Crippen molar-refractivity contribution in [2.75, 3.05) is 11.9 Å². The maximum absolute atomic E-state index is 12.4. The normalized spacial score (nSPS) is 10.8. The zero-order valence-electron chi connectivity index (χ0n) is 16.5. The molecule has 148 valence electrons. The molecule has 0 saturated carbocycles. The topological polar surface area (TPSA) is 84.5 Å². The van der Waals surface area contributed by atoms with Gasteiger partial charge in [-0.15, -0.1) is 0 Å². The summed E-state index contributed by atoms with van der Waals surface area (Å²) in [4.78, 5) is 36.6. The van der Waals surface area contributed by atoms with Gasteiger partial charge in [0.25, 0.3) is 5.91 Å². The highest BCUT2D eigenvalue weighted by Gasteiger charge is 2.20. The molecule has 0 spiro atoms. The fourth-order valence-electron chi connectivity index (χ4n) is 2.46. The third-order valence-corrected chi connectivity index (χ3v) is 4.32. The Kier molecular flexibility index (Phi) is 7.32. The van der Waals surface area contributed by atoms with Crippen molar-refractivity contribution in [3.8, 4) is 0 Å². The zero-order valence-corrected chi connectivity index (χ0v) is 16.5. The smallest absolute Gasteiger partial charge is 0.340 e. The molecule has 0 aliphatic heterocycles. The summed E-state index contributed by atoms with van der Waals surface area (Å²) in [5, 5.41) is 5.54. The van der Waals surface area contributed by atoms with Gasteiger partial charge in [0.1, 0.15) is 0 Å². The van der Waals surface area contributed by atoms with Crippen LogP contribution in [-0.2, 0) is 20.7 Å². The number of hydrogen-bond donors (Lipinski definition) is 2. The van der Waals surface area contributed by atoms with Gasteiger partial charge in [0, 0.05) is 5.54 Å². The minimum absolute atomic E-state index is 0.193. The predicted molar refractivity (Wildman–Crippen MR) is 108 cm³/mol. The minimum Gasteiger partial charge on any atom is -0.452 e. The molecule has 0 bridgehead atoms. The molecule has 2 amide bonds. The Morgan fingerprint density at radius 1 is 0.929 bits per heavy atom. The van der Waals surface area contributed by atoms with Crippen molar-refractivity contribution in [2.45, 2.75) is 39.2 Å². The van der Waals surface area contributed by atoms with Crippen molar-refractivity contribution in [3.05, 3.63) is 65.7 Å². The highest BCUT2D eigenvalue weighted by Crippen LogP contribution is 2.17. The molecule has 0 aliphatic rings. The number of para-hydroxylation sites is 1. The number of benzene rings is 2. The predicted octanol–water partition coefficient (Wildman–Crippen LogP) is 3.33. The standard InChI is InChI=1S/C22H26N2O4/c1-4-22(2,3)24-20(26)15-28-21(27)17-12-8-9-13-18(17)23-19(25)14-16-10-6-5-7-11-16/h5-13H,4,14-15H2,1-3H3,(H,23,25)(H,24,26). The van der Waals surface area contributed by atoms with Crippen LogP contribution in [0.15, 0.2) is 54.6 Å². The summed E-state index contributed by atoms with van der Waals surface area (Å²) >= 11 is 0. The largest absolute Gasteiger partial charge is 0.452 e. The van der Waals surface area contributed by atoms with E-state index in [9.17, 15) is 14.4 Å². The lowest BCUT2D eigenvalue weighted by molar-refractivity contribution is -0.125. The van der Waals surface area contributed by atoms with Crippen LogP contribution in [0.25, 0.3) is 0 Å². The van der Waals surface area contributed by atoms with Crippen molar-refractivity contribution in [1.29, 1.82) is 0 Å². The van der Waals surface area contributed by atoms with Crippen LogP contribution in [-0.4, -0.2) is 29.9 Å². The van der Waals surface area contributed by atoms with E-state index in [4.69, 9.17) is 4.74 Å². The second-order valence-electron chi connectivity index (χ2n) is 7.12. The Labute approximate surface area is 165 Å². The van der Waals surface area contributed by atoms with Crippen molar-refractivity contribution >= 4 is 23.5 Å². The first-order valence-electron chi connectivity index (χ1n) is 9.21. The molecule has 0 radical (unpaired) electrons. The van der Waals surface area contributed by atoms with E-state index in [2.05, 4.69) is 10.6 Å². The van der Waals surface area contributed by atoms with Crippen LogP contribution in [0.3, 0.4) is 0 Å². The lowest BCUT2D eigenvalue weighted by Gasteiger charge is -2.24. The third kappa shape index (κ3) is 6.54. The Hall–Kier alpha value is -3.15. The molecule has 2 aromatic carbocycles. The average Bonchev–Trinajstić information content (AvgIpc) is 2.67. The fourth-order valence-corrected chi connectivity index (χ4v) is 2.46. The second kappa shape index (κ2) is 9.69. The monoisotopic (exact) mass is 382 g/mol. The van der Waals surface area contributed by atoms with Crippen LogP contribution >= 0.6 is 0 Å². The van der Waals surface area contributed by atoms with Gasteiger partial charge in [-0.2, -0.15) is 0 Å². The Bertz CT molecular complexity index is 831. The number of esters is 1. The quantitative estimate of drug-likeness (QED) is 0.686. The molecule has 2 aromatic rings. The Morgan fingerprint density at radius 3 is 2.25 bits per heavy atom. The van der Waals surface area contributed by atoms with Crippen LogP contribution in [0, 0.1) is 0 Å². The van der Waals surface area contributed by atoms with Crippen LogP contribution in [0.2, 0.25) is 0 Å². The van der Waals surface area contributed by atoms with Crippen molar-refractivity contribution in [2.24, 2.45) is 0 Å². The number of ether oxygens (including phenoxy) is 1. The summed E-state index contributed by atoms with van der Waals surface area (Å²) in [6.45, 7) is 5.36. The molecule has 0 heterocycles. The number of rotatable bonds is 8. The van der Waals surface area contributed by atoms with E-state index < -0.39 is 5.97 Å². The third-order valence-electron chi connectivity index (χ3n) is 4.32. The van der Waals surface area contributed by atoms with Gasteiger partial charge in [0.15, 0.2) is 6.61 Å². The molecule has 28 heavy (non-hydrogen) atoms. The van der Waals surface area contributed by atoms with Crippen molar-refractivity contribution < 1.29 is 19.1 Å². The Balaban J connectivity index is 1.97. The van der Waals surface area contributed by atoms with Gasteiger partial charge in [-0.3, -0.25) is 9.59 Å². The van der Waals surface area contributed by atoms with E-state index >= 15 is 0 Å². The molecule has 0 aromatic heterocycles. The van der Waals surface area contributed by atoms with Crippen LogP contribution in [0.5, 0.6) is 0 Å². The van der Waals surface area contributed by atoms with Gasteiger partial charge in [-0.05, 0) is 38.0 Å². The van der Waals surface area contributed by atoms with Gasteiger partial charge in [0.2, 0.25) is 5.91 Å². The van der Waals surface area contributed by atoms with E-state index in [0.717, 1.165) is 12.0 Å². The van der Waals surface area contributed by atoms with E-state index in [1.165, 1.54) is 0 Å². The summed E-state index contributed by atoms with van der Waals surface area (Å²) in [5.74, 6) is -1.28. The molecule has 0 aliphatic carbocycles. The van der Waals surface area contributed by atoms with Crippen molar-refractivity contribution in [1.82, 2.24) is 5.32 Å². The zero-order chi connectivity index (χ0) is 20.6. The summed E-state index contributed by atoms with van der Waals surface area (Å²) in [5.41, 5.74) is 1.05. The number of hydrogen-bond acceptors (Lipinski definition) is 4. The maximum atomic E-state index is 12.4. The SMILES string of the molecule is CCC(C)(C)NC(=O)COC(=O)c1ccccc1NC(=O)Cc1ccccc1. The molecule has 0 fully saturated rings. The number of anilines is 1.